The number of carbonyl (C=O) groups excluding carboxylic acids is 2. The Balaban J connectivity index is 4.94. The third-order valence-corrected chi connectivity index (χ3v) is 15.8. The lowest BCUT2D eigenvalue weighted by Crippen LogP contribution is -2.47. The van der Waals surface area contributed by atoms with Gasteiger partial charge in [-0.25, -0.2) is 0 Å². The maximum absolute atomic E-state index is 13.5. The molecule has 0 aliphatic carbocycles. The number of nitrogens with one attached hydrogen (secondary N) is 1. The van der Waals surface area contributed by atoms with Gasteiger partial charge in [0, 0.05) is 12.8 Å². The lowest BCUT2D eigenvalue weighted by atomic mass is 10.0. The van der Waals surface area contributed by atoms with Gasteiger partial charge in [-0.2, -0.15) is 0 Å². The van der Waals surface area contributed by atoms with Gasteiger partial charge in [0.1, 0.15) is 19.3 Å². The van der Waals surface area contributed by atoms with Crippen molar-refractivity contribution in [2.45, 2.75) is 335 Å². The lowest BCUT2D eigenvalue weighted by Gasteiger charge is -2.30. The second-order valence-corrected chi connectivity index (χ2v) is 25.0. The summed E-state index contributed by atoms with van der Waals surface area (Å²) in [5.41, 5.74) is 0. The van der Waals surface area contributed by atoms with Gasteiger partial charge in [0.05, 0.1) is 33.8 Å². The molecule has 0 saturated carbocycles. The van der Waals surface area contributed by atoms with E-state index in [1.807, 2.05) is 33.3 Å². The third-order valence-electron chi connectivity index (χ3n) is 14.8. The van der Waals surface area contributed by atoms with Crippen LogP contribution in [0.1, 0.15) is 323 Å². The van der Waals surface area contributed by atoms with Crippen LogP contribution in [-0.4, -0.2) is 69.4 Å². The van der Waals surface area contributed by atoms with Crippen molar-refractivity contribution in [2.75, 3.05) is 40.9 Å². The van der Waals surface area contributed by atoms with E-state index in [1.54, 1.807) is 0 Å². The molecule has 0 fully saturated rings. The number of allylic oxidation sites excluding steroid dienone is 5. The van der Waals surface area contributed by atoms with Gasteiger partial charge in [-0.1, -0.05) is 282 Å². The molecule has 76 heavy (non-hydrogen) atoms. The Morgan fingerprint density at radius 1 is 0.461 bits per heavy atom. The van der Waals surface area contributed by atoms with Gasteiger partial charge in [0.25, 0.3) is 7.82 Å². The van der Waals surface area contributed by atoms with E-state index in [1.165, 1.54) is 225 Å². The van der Waals surface area contributed by atoms with Crippen LogP contribution in [0.25, 0.3) is 0 Å². The van der Waals surface area contributed by atoms with Crippen molar-refractivity contribution in [1.29, 1.82) is 0 Å². The van der Waals surface area contributed by atoms with E-state index in [4.69, 9.17) is 13.8 Å². The molecule has 0 saturated heterocycles. The van der Waals surface area contributed by atoms with Crippen molar-refractivity contribution in [2.24, 2.45) is 0 Å². The molecule has 448 valence electrons. The first-order valence-corrected chi connectivity index (χ1v) is 34.3. The van der Waals surface area contributed by atoms with Crippen molar-refractivity contribution >= 4 is 19.7 Å². The largest absolute Gasteiger partial charge is 0.756 e. The molecule has 0 heterocycles. The molecule has 1 N–H and O–H groups in total. The van der Waals surface area contributed by atoms with Crippen molar-refractivity contribution < 1.29 is 37.3 Å². The molecule has 0 rings (SSSR count). The van der Waals surface area contributed by atoms with Gasteiger partial charge in [0.15, 0.2) is 0 Å². The summed E-state index contributed by atoms with van der Waals surface area (Å²) in [7, 11) is 1.20. The molecule has 3 atom stereocenters. The van der Waals surface area contributed by atoms with Crippen LogP contribution in [0.4, 0.5) is 0 Å². The van der Waals surface area contributed by atoms with Gasteiger partial charge in [-0.05, 0) is 63.9 Å². The fourth-order valence-electron chi connectivity index (χ4n) is 9.73. The summed E-state index contributed by atoms with van der Waals surface area (Å²) in [4.78, 5) is 39.9. The van der Waals surface area contributed by atoms with E-state index in [0.29, 0.717) is 17.4 Å². The fraction of sp³-hybridized carbons (Fsp3) is 0.879. The van der Waals surface area contributed by atoms with Gasteiger partial charge in [-0.15, -0.1) is 0 Å². The number of carbonyl (C=O) groups is 2. The average Bonchev–Trinajstić information content (AvgIpc) is 3.38. The summed E-state index contributed by atoms with van der Waals surface area (Å²) >= 11 is 0. The highest BCUT2D eigenvalue weighted by atomic mass is 31.2. The molecule has 0 spiro atoms. The number of phosphoric acid groups is 1. The van der Waals surface area contributed by atoms with E-state index in [-0.39, 0.29) is 31.5 Å². The zero-order chi connectivity index (χ0) is 55.7. The number of unbranched alkanes of at least 4 members (excludes halogenated alkanes) is 40. The molecule has 1 amide bonds. The maximum atomic E-state index is 13.5. The second-order valence-electron chi connectivity index (χ2n) is 23.6. The third kappa shape index (κ3) is 56.9. The Hall–Kier alpha value is -1.77. The molecule has 0 aliphatic heterocycles. The first-order valence-electron chi connectivity index (χ1n) is 32.8. The summed E-state index contributed by atoms with van der Waals surface area (Å²) in [6.07, 6.45) is 68.4. The fourth-order valence-corrected chi connectivity index (χ4v) is 10.5. The van der Waals surface area contributed by atoms with Gasteiger partial charge < -0.3 is 28.5 Å². The van der Waals surface area contributed by atoms with Crippen LogP contribution in [0.15, 0.2) is 36.5 Å². The van der Waals surface area contributed by atoms with Gasteiger partial charge in [-0.3, -0.25) is 14.2 Å². The maximum Gasteiger partial charge on any atom is 0.306 e. The SMILES string of the molecule is CCCCC/C=C\C/C=C\CCCCCCCCCCCCCCCCCCCC(=O)OC(/C=C\CCCCCCCCCCCC)C(COP(=O)([O-])OCC[N+](C)(C)C)NC(=O)CCCCCCCCCCCCC. The van der Waals surface area contributed by atoms with E-state index < -0.39 is 20.0 Å². The van der Waals surface area contributed by atoms with Crippen molar-refractivity contribution in [3.05, 3.63) is 36.5 Å². The van der Waals surface area contributed by atoms with Crippen molar-refractivity contribution in [1.82, 2.24) is 5.32 Å². The highest BCUT2D eigenvalue weighted by Gasteiger charge is 2.27. The number of amides is 1. The molecule has 0 radical (unpaired) electrons. The molecule has 0 aromatic rings. The molecule has 10 heteroatoms. The van der Waals surface area contributed by atoms with E-state index in [9.17, 15) is 19.0 Å². The molecular weight excluding hydrogens is 964 g/mol. The first kappa shape index (κ1) is 74.2. The monoisotopic (exact) mass is 1090 g/mol. The molecule has 0 aromatic heterocycles. The van der Waals surface area contributed by atoms with Crippen LogP contribution in [0, 0.1) is 0 Å². The highest BCUT2D eigenvalue weighted by Crippen LogP contribution is 2.38. The Labute approximate surface area is 472 Å². The molecular formula is C66H127N2O7P. The zero-order valence-corrected chi connectivity index (χ0v) is 52.1. The van der Waals surface area contributed by atoms with Crippen LogP contribution < -0.4 is 10.2 Å². The average molecular weight is 1090 g/mol. The van der Waals surface area contributed by atoms with Crippen LogP contribution in [0.3, 0.4) is 0 Å². The number of ether oxygens (including phenoxy) is 1. The van der Waals surface area contributed by atoms with E-state index in [2.05, 4.69) is 50.4 Å². The van der Waals surface area contributed by atoms with Crippen LogP contribution in [0.2, 0.25) is 0 Å². The summed E-state index contributed by atoms with van der Waals surface area (Å²) in [5, 5.41) is 3.03. The molecule has 0 bridgehead atoms. The lowest BCUT2D eigenvalue weighted by molar-refractivity contribution is -0.870. The minimum Gasteiger partial charge on any atom is -0.756 e. The number of hydrogen-bond donors (Lipinski definition) is 1. The molecule has 0 aliphatic rings. The minimum atomic E-state index is -4.69. The summed E-state index contributed by atoms with van der Waals surface area (Å²) in [6, 6.07) is -0.882. The first-order chi connectivity index (χ1) is 36.9. The predicted octanol–water partition coefficient (Wildman–Crippen LogP) is 19.7. The normalized spacial score (nSPS) is 13.8. The van der Waals surface area contributed by atoms with Crippen molar-refractivity contribution in [3.63, 3.8) is 0 Å². The van der Waals surface area contributed by atoms with Crippen LogP contribution >= 0.6 is 7.82 Å². The minimum absolute atomic E-state index is 0.0190. The predicted molar refractivity (Wildman–Crippen MR) is 326 cm³/mol. The van der Waals surface area contributed by atoms with Gasteiger partial charge >= 0.3 is 5.97 Å². The number of esters is 1. The van der Waals surface area contributed by atoms with Crippen LogP contribution in [-0.2, 0) is 27.9 Å². The van der Waals surface area contributed by atoms with E-state index >= 15 is 0 Å². The number of quaternary nitrogens is 1. The molecule has 0 aromatic carbocycles. The molecule has 9 nitrogen and oxygen atoms in total. The Bertz CT molecular complexity index is 1400. The number of nitrogens with zero attached hydrogens (tertiary/aromatic N) is 1. The number of rotatable bonds is 60. The smallest absolute Gasteiger partial charge is 0.306 e. The summed E-state index contributed by atoms with van der Waals surface area (Å²) in [5.74, 6) is -0.527. The standard InChI is InChI=1S/C66H127N2O7P/c1-7-10-13-16-19-22-25-27-28-29-30-31-32-33-34-35-36-37-38-39-40-41-44-47-50-53-56-59-66(70)75-64(57-54-51-48-45-43-26-23-20-17-14-11-8-2)63(62-74-76(71,72)73-61-60-68(4,5)6)67-65(69)58-55-52-49-46-42-24-21-18-15-12-9-3/h19,22,27-28,54,57,63-64H,7-18,20-21,23-26,29-53,55-56,58-62H2,1-6H3,(H-,67,69,71,72)/b22-19-,28-27-,57-54-. The molecule has 3 unspecified atom stereocenters. The topological polar surface area (TPSA) is 114 Å². The number of likely N-dealkylation sites (N-methyl/N-ethyl adjacent to an activating group) is 1. The van der Waals surface area contributed by atoms with Gasteiger partial charge in [0.2, 0.25) is 5.91 Å². The summed E-state index contributed by atoms with van der Waals surface area (Å²) in [6.45, 7) is 6.84. The Morgan fingerprint density at radius 3 is 1.21 bits per heavy atom. The van der Waals surface area contributed by atoms with E-state index in [0.717, 1.165) is 64.2 Å². The summed E-state index contributed by atoms with van der Waals surface area (Å²) < 4.78 is 30.3. The Morgan fingerprint density at radius 2 is 0.803 bits per heavy atom. The highest BCUT2D eigenvalue weighted by molar-refractivity contribution is 7.45. The Kier molecular flexibility index (Phi) is 55.2. The second kappa shape index (κ2) is 56.5. The number of hydrogen-bond acceptors (Lipinski definition) is 7. The quantitative estimate of drug-likeness (QED) is 0.0212. The zero-order valence-electron chi connectivity index (χ0n) is 51.2. The van der Waals surface area contributed by atoms with Crippen molar-refractivity contribution in [3.8, 4) is 0 Å². The van der Waals surface area contributed by atoms with Crippen LogP contribution in [0.5, 0.6) is 0 Å². The number of phosphoric ester groups is 1.